The SMILES string of the molecule is [C-]#[N+]c1ccc(C(=O)C=Cc2ccccc2)cc1. The van der Waals surface area contributed by atoms with E-state index in [0.29, 0.717) is 11.3 Å². The van der Waals surface area contributed by atoms with E-state index in [2.05, 4.69) is 4.85 Å². The molecule has 0 radical (unpaired) electrons. The first kappa shape index (κ1) is 11.8. The molecule has 0 aliphatic carbocycles. The molecule has 2 aromatic carbocycles. The fourth-order valence-electron chi connectivity index (χ4n) is 1.53. The quantitative estimate of drug-likeness (QED) is 0.443. The topological polar surface area (TPSA) is 21.4 Å². The van der Waals surface area contributed by atoms with Crippen molar-refractivity contribution in [3.05, 3.63) is 83.2 Å². The zero-order valence-corrected chi connectivity index (χ0v) is 9.71. The molecule has 0 heterocycles. The lowest BCUT2D eigenvalue weighted by Gasteiger charge is -1.96. The molecule has 0 fully saturated rings. The second kappa shape index (κ2) is 5.60. The Morgan fingerprint density at radius 3 is 2.28 bits per heavy atom. The third-order valence-corrected chi connectivity index (χ3v) is 2.51. The summed E-state index contributed by atoms with van der Waals surface area (Å²) in [5, 5.41) is 0. The van der Waals surface area contributed by atoms with Gasteiger partial charge in [0.1, 0.15) is 0 Å². The molecule has 0 N–H and O–H groups in total. The summed E-state index contributed by atoms with van der Waals surface area (Å²) in [6.07, 6.45) is 3.33. The van der Waals surface area contributed by atoms with Crippen LogP contribution in [0.3, 0.4) is 0 Å². The molecule has 86 valence electrons. The van der Waals surface area contributed by atoms with Gasteiger partial charge in [0.05, 0.1) is 6.57 Å². The van der Waals surface area contributed by atoms with Crippen LogP contribution in [0, 0.1) is 6.57 Å². The van der Waals surface area contributed by atoms with E-state index in [1.54, 1.807) is 36.4 Å². The second-order valence-electron chi connectivity index (χ2n) is 3.77. The highest BCUT2D eigenvalue weighted by atomic mass is 16.1. The molecule has 0 saturated heterocycles. The predicted octanol–water partition coefficient (Wildman–Crippen LogP) is 4.13. The normalized spacial score (nSPS) is 10.2. The highest BCUT2D eigenvalue weighted by Gasteiger charge is 2.01. The zero-order valence-electron chi connectivity index (χ0n) is 9.71. The number of hydrogen-bond donors (Lipinski definition) is 0. The Morgan fingerprint density at radius 1 is 1.00 bits per heavy atom. The molecule has 0 amide bonds. The minimum Gasteiger partial charge on any atom is -0.289 e. The van der Waals surface area contributed by atoms with Crippen molar-refractivity contribution in [1.82, 2.24) is 0 Å². The van der Waals surface area contributed by atoms with Crippen molar-refractivity contribution in [3.8, 4) is 0 Å². The molecule has 0 unspecified atom stereocenters. The Balaban J connectivity index is 2.12. The first-order valence-corrected chi connectivity index (χ1v) is 5.54. The van der Waals surface area contributed by atoms with Crippen LogP contribution in [0.25, 0.3) is 10.9 Å². The maximum absolute atomic E-state index is 11.9. The summed E-state index contributed by atoms with van der Waals surface area (Å²) < 4.78 is 0. The average Bonchev–Trinajstić information content (AvgIpc) is 2.46. The number of ketones is 1. The molecular formula is C16H11NO. The summed E-state index contributed by atoms with van der Waals surface area (Å²) in [6.45, 7) is 6.84. The van der Waals surface area contributed by atoms with Gasteiger partial charge in [-0.15, -0.1) is 0 Å². The first-order valence-electron chi connectivity index (χ1n) is 5.54. The molecule has 0 saturated carbocycles. The molecule has 0 aliphatic heterocycles. The van der Waals surface area contributed by atoms with Crippen molar-refractivity contribution in [3.63, 3.8) is 0 Å². The summed E-state index contributed by atoms with van der Waals surface area (Å²) >= 11 is 0. The summed E-state index contributed by atoms with van der Waals surface area (Å²) in [5.41, 5.74) is 2.12. The molecule has 0 bridgehead atoms. The van der Waals surface area contributed by atoms with Crippen LogP contribution in [0.5, 0.6) is 0 Å². The lowest BCUT2D eigenvalue weighted by Crippen LogP contribution is -1.92. The highest BCUT2D eigenvalue weighted by molar-refractivity contribution is 6.06. The summed E-state index contributed by atoms with van der Waals surface area (Å²) in [6, 6.07) is 16.3. The van der Waals surface area contributed by atoms with Crippen LogP contribution >= 0.6 is 0 Å². The zero-order chi connectivity index (χ0) is 12.8. The van der Waals surface area contributed by atoms with E-state index in [-0.39, 0.29) is 5.78 Å². The summed E-state index contributed by atoms with van der Waals surface area (Å²) in [5.74, 6) is -0.0598. The molecule has 0 atom stereocenters. The first-order chi connectivity index (χ1) is 8.79. The van der Waals surface area contributed by atoms with Gasteiger partial charge in [-0.05, 0) is 11.6 Å². The molecule has 0 aromatic heterocycles. The third kappa shape index (κ3) is 2.93. The second-order valence-corrected chi connectivity index (χ2v) is 3.77. The number of nitrogens with zero attached hydrogens (tertiary/aromatic N) is 1. The molecule has 2 aromatic rings. The lowest BCUT2D eigenvalue weighted by atomic mass is 10.1. The van der Waals surface area contributed by atoms with Crippen molar-refractivity contribution >= 4 is 17.5 Å². The molecule has 2 nitrogen and oxygen atoms in total. The van der Waals surface area contributed by atoms with E-state index in [0.717, 1.165) is 5.56 Å². The predicted molar refractivity (Wildman–Crippen MR) is 72.5 cm³/mol. The number of rotatable bonds is 3. The third-order valence-electron chi connectivity index (χ3n) is 2.51. The van der Waals surface area contributed by atoms with Gasteiger partial charge in [0, 0.05) is 5.56 Å². The van der Waals surface area contributed by atoms with Crippen LogP contribution in [-0.2, 0) is 0 Å². The van der Waals surface area contributed by atoms with Gasteiger partial charge in [-0.2, -0.15) is 0 Å². The van der Waals surface area contributed by atoms with Gasteiger partial charge in [-0.3, -0.25) is 4.79 Å². The van der Waals surface area contributed by atoms with Crippen LogP contribution in [0.15, 0.2) is 60.7 Å². The Morgan fingerprint density at radius 2 is 1.67 bits per heavy atom. The maximum atomic E-state index is 11.9. The van der Waals surface area contributed by atoms with Gasteiger partial charge in [0.25, 0.3) is 0 Å². The fraction of sp³-hybridized carbons (Fsp3) is 0. The monoisotopic (exact) mass is 233 g/mol. The molecule has 0 aliphatic rings. The Bertz CT molecular complexity index is 604. The minimum atomic E-state index is -0.0598. The minimum absolute atomic E-state index is 0.0598. The van der Waals surface area contributed by atoms with Crippen LogP contribution in [-0.4, -0.2) is 5.78 Å². The van der Waals surface area contributed by atoms with E-state index in [9.17, 15) is 4.79 Å². The van der Waals surface area contributed by atoms with Gasteiger partial charge in [-0.25, -0.2) is 4.85 Å². The van der Waals surface area contributed by atoms with Gasteiger partial charge in [-0.1, -0.05) is 60.7 Å². The van der Waals surface area contributed by atoms with E-state index in [1.165, 1.54) is 0 Å². The van der Waals surface area contributed by atoms with E-state index < -0.39 is 0 Å². The van der Waals surface area contributed by atoms with Gasteiger partial charge < -0.3 is 0 Å². The number of carbonyl (C=O) groups excluding carboxylic acids is 1. The van der Waals surface area contributed by atoms with Crippen molar-refractivity contribution in [2.24, 2.45) is 0 Å². The molecule has 2 rings (SSSR count). The van der Waals surface area contributed by atoms with Crippen molar-refractivity contribution in [1.29, 1.82) is 0 Å². The van der Waals surface area contributed by atoms with E-state index >= 15 is 0 Å². The molecule has 2 heteroatoms. The maximum Gasteiger partial charge on any atom is 0.187 e. The molecular weight excluding hydrogens is 222 g/mol. The average molecular weight is 233 g/mol. The Kier molecular flexibility index (Phi) is 3.68. The van der Waals surface area contributed by atoms with Gasteiger partial charge in [0.2, 0.25) is 0 Å². The van der Waals surface area contributed by atoms with E-state index in [4.69, 9.17) is 6.57 Å². The number of benzene rings is 2. The number of carbonyl (C=O) groups is 1. The largest absolute Gasteiger partial charge is 0.289 e. The number of allylic oxidation sites excluding steroid dienone is 1. The Hall–Kier alpha value is -2.66. The van der Waals surface area contributed by atoms with Crippen LogP contribution in [0.4, 0.5) is 5.69 Å². The van der Waals surface area contributed by atoms with E-state index in [1.807, 2.05) is 30.3 Å². The van der Waals surface area contributed by atoms with Crippen LogP contribution in [0.1, 0.15) is 15.9 Å². The Labute approximate surface area is 106 Å². The van der Waals surface area contributed by atoms with Crippen LogP contribution < -0.4 is 0 Å². The summed E-state index contributed by atoms with van der Waals surface area (Å²) in [4.78, 5) is 15.1. The summed E-state index contributed by atoms with van der Waals surface area (Å²) in [7, 11) is 0. The number of hydrogen-bond acceptors (Lipinski definition) is 1. The van der Waals surface area contributed by atoms with Gasteiger partial charge in [0.15, 0.2) is 11.5 Å². The fourth-order valence-corrected chi connectivity index (χ4v) is 1.53. The smallest absolute Gasteiger partial charge is 0.187 e. The highest BCUT2D eigenvalue weighted by Crippen LogP contribution is 2.13. The van der Waals surface area contributed by atoms with Crippen LogP contribution in [0.2, 0.25) is 0 Å². The molecule has 0 spiro atoms. The lowest BCUT2D eigenvalue weighted by molar-refractivity contribution is 0.104. The van der Waals surface area contributed by atoms with Crippen molar-refractivity contribution < 1.29 is 4.79 Å². The van der Waals surface area contributed by atoms with Gasteiger partial charge >= 0.3 is 0 Å². The standard InChI is InChI=1S/C16H11NO/c1-17-15-10-8-14(9-11-15)16(18)12-7-13-5-3-2-4-6-13/h2-12H. The van der Waals surface area contributed by atoms with Crippen molar-refractivity contribution in [2.45, 2.75) is 0 Å². The molecule has 18 heavy (non-hydrogen) atoms. The van der Waals surface area contributed by atoms with Crippen molar-refractivity contribution in [2.75, 3.05) is 0 Å².